The molecule has 0 spiro atoms. The van der Waals surface area contributed by atoms with Gasteiger partial charge in [-0.15, -0.1) is 0 Å². The molecular formula is C27H25N3O3. The molecule has 33 heavy (non-hydrogen) atoms. The van der Waals surface area contributed by atoms with E-state index in [4.69, 9.17) is 9.47 Å². The molecule has 0 saturated carbocycles. The maximum atomic E-state index is 12.0. The molecule has 0 unspecified atom stereocenters. The van der Waals surface area contributed by atoms with Gasteiger partial charge < -0.3 is 14.8 Å². The zero-order valence-electron chi connectivity index (χ0n) is 18.3. The van der Waals surface area contributed by atoms with Crippen LogP contribution < -0.4 is 20.2 Å². The summed E-state index contributed by atoms with van der Waals surface area (Å²) in [4.78, 5) is 12.0. The molecule has 166 valence electrons. The van der Waals surface area contributed by atoms with E-state index in [2.05, 4.69) is 40.1 Å². The standard InChI is InChI=1S/C27H25N3O3/c1-32-26-16-20(17-29-30-27(31)18-28-23-11-3-2-4-12-23)14-15-25(26)33-19-22-10-7-9-21-8-5-6-13-24(21)22/h2-17,28H,18-19H2,1H3,(H,30,31)/b29-17-. The van der Waals surface area contributed by atoms with Crippen LogP contribution in [0, 0.1) is 0 Å². The number of para-hydroxylation sites is 1. The van der Waals surface area contributed by atoms with Crippen molar-refractivity contribution in [3.05, 3.63) is 102 Å². The highest BCUT2D eigenvalue weighted by atomic mass is 16.5. The van der Waals surface area contributed by atoms with Crippen LogP contribution in [-0.4, -0.2) is 25.8 Å². The van der Waals surface area contributed by atoms with Gasteiger partial charge in [-0.3, -0.25) is 4.79 Å². The maximum absolute atomic E-state index is 12.0. The molecule has 0 bridgehead atoms. The topological polar surface area (TPSA) is 72.0 Å². The van der Waals surface area contributed by atoms with Crippen molar-refractivity contribution in [1.29, 1.82) is 0 Å². The number of hydrogen-bond donors (Lipinski definition) is 2. The summed E-state index contributed by atoms with van der Waals surface area (Å²) >= 11 is 0. The minimum absolute atomic E-state index is 0.131. The van der Waals surface area contributed by atoms with E-state index in [0.717, 1.165) is 16.8 Å². The van der Waals surface area contributed by atoms with E-state index in [1.54, 1.807) is 13.3 Å². The predicted octanol–water partition coefficient (Wildman–Crippen LogP) is 4.99. The highest BCUT2D eigenvalue weighted by Gasteiger charge is 2.07. The molecule has 6 heteroatoms. The van der Waals surface area contributed by atoms with Crippen molar-refractivity contribution in [2.45, 2.75) is 6.61 Å². The van der Waals surface area contributed by atoms with Crippen LogP contribution >= 0.6 is 0 Å². The highest BCUT2D eigenvalue weighted by Crippen LogP contribution is 2.29. The summed E-state index contributed by atoms with van der Waals surface area (Å²) in [6.45, 7) is 0.557. The van der Waals surface area contributed by atoms with Crippen molar-refractivity contribution < 1.29 is 14.3 Å². The van der Waals surface area contributed by atoms with Gasteiger partial charge in [0.1, 0.15) is 6.61 Å². The number of amides is 1. The average Bonchev–Trinajstić information content (AvgIpc) is 2.87. The number of hydrogen-bond acceptors (Lipinski definition) is 5. The summed E-state index contributed by atoms with van der Waals surface area (Å²) in [6.07, 6.45) is 1.57. The van der Waals surface area contributed by atoms with Crippen molar-refractivity contribution >= 4 is 28.6 Å². The Kier molecular flexibility index (Phi) is 7.18. The molecule has 0 aliphatic heterocycles. The number of ether oxygens (including phenoxy) is 2. The van der Waals surface area contributed by atoms with Crippen LogP contribution in [-0.2, 0) is 11.4 Å². The molecule has 0 atom stereocenters. The van der Waals surface area contributed by atoms with Crippen molar-refractivity contribution in [2.24, 2.45) is 5.10 Å². The van der Waals surface area contributed by atoms with Gasteiger partial charge >= 0.3 is 0 Å². The number of anilines is 1. The Morgan fingerprint density at radius 3 is 2.55 bits per heavy atom. The normalized spacial score (nSPS) is 10.8. The Morgan fingerprint density at radius 1 is 0.909 bits per heavy atom. The number of fused-ring (bicyclic) bond motifs is 1. The van der Waals surface area contributed by atoms with Gasteiger partial charge in [0, 0.05) is 5.69 Å². The smallest absolute Gasteiger partial charge is 0.259 e. The number of methoxy groups -OCH3 is 1. The summed E-state index contributed by atoms with van der Waals surface area (Å²) in [7, 11) is 1.60. The molecule has 2 N–H and O–H groups in total. The van der Waals surface area contributed by atoms with E-state index >= 15 is 0 Å². The molecule has 4 aromatic carbocycles. The summed E-state index contributed by atoms with van der Waals surface area (Å²) in [5.41, 5.74) is 5.27. The molecule has 0 fully saturated rings. The van der Waals surface area contributed by atoms with Crippen LogP contribution in [0.25, 0.3) is 10.8 Å². The lowest BCUT2D eigenvalue weighted by atomic mass is 10.1. The molecule has 0 aliphatic carbocycles. The second kappa shape index (κ2) is 10.8. The SMILES string of the molecule is COc1cc(/C=N\NC(=O)CNc2ccccc2)ccc1OCc1cccc2ccccc12. The Bertz CT molecular complexity index is 1250. The lowest BCUT2D eigenvalue weighted by Gasteiger charge is -2.12. The van der Waals surface area contributed by atoms with Crippen LogP contribution in [0.4, 0.5) is 5.69 Å². The fourth-order valence-corrected chi connectivity index (χ4v) is 3.41. The predicted molar refractivity (Wildman–Crippen MR) is 132 cm³/mol. The molecular weight excluding hydrogens is 414 g/mol. The van der Waals surface area contributed by atoms with E-state index in [1.165, 1.54) is 10.8 Å². The van der Waals surface area contributed by atoms with E-state index in [1.807, 2.05) is 66.7 Å². The Morgan fingerprint density at radius 2 is 1.70 bits per heavy atom. The molecule has 4 rings (SSSR count). The van der Waals surface area contributed by atoms with E-state index in [9.17, 15) is 4.79 Å². The minimum Gasteiger partial charge on any atom is -0.493 e. The first-order valence-corrected chi connectivity index (χ1v) is 10.6. The zero-order valence-corrected chi connectivity index (χ0v) is 18.3. The number of nitrogens with zero attached hydrogens (tertiary/aromatic N) is 1. The van der Waals surface area contributed by atoms with Crippen LogP contribution in [0.2, 0.25) is 0 Å². The van der Waals surface area contributed by atoms with Gasteiger partial charge in [-0.1, -0.05) is 60.7 Å². The molecule has 0 heterocycles. The maximum Gasteiger partial charge on any atom is 0.259 e. The third kappa shape index (κ3) is 5.89. The Balaban J connectivity index is 1.34. The average molecular weight is 440 g/mol. The molecule has 0 radical (unpaired) electrons. The van der Waals surface area contributed by atoms with Crippen LogP contribution in [0.5, 0.6) is 11.5 Å². The molecule has 0 aromatic heterocycles. The highest BCUT2D eigenvalue weighted by molar-refractivity contribution is 5.86. The quantitative estimate of drug-likeness (QED) is 0.285. The Labute approximate surface area is 192 Å². The van der Waals surface area contributed by atoms with Gasteiger partial charge in [0.25, 0.3) is 5.91 Å². The fourth-order valence-electron chi connectivity index (χ4n) is 3.41. The van der Waals surface area contributed by atoms with E-state index < -0.39 is 0 Å². The summed E-state index contributed by atoms with van der Waals surface area (Å²) in [6, 6.07) is 29.4. The lowest BCUT2D eigenvalue weighted by molar-refractivity contribution is -0.119. The number of carbonyl (C=O) groups excluding carboxylic acids is 1. The third-order valence-electron chi connectivity index (χ3n) is 5.08. The van der Waals surface area contributed by atoms with Gasteiger partial charge in [0.2, 0.25) is 0 Å². The summed E-state index contributed by atoms with van der Waals surface area (Å²) in [5.74, 6) is 0.993. The number of hydrazone groups is 1. The molecule has 4 aromatic rings. The largest absolute Gasteiger partial charge is 0.493 e. The summed E-state index contributed by atoms with van der Waals surface area (Å²) < 4.78 is 11.5. The van der Waals surface area contributed by atoms with E-state index in [-0.39, 0.29) is 12.5 Å². The van der Waals surface area contributed by atoms with Crippen LogP contribution in [0.3, 0.4) is 0 Å². The first-order valence-electron chi connectivity index (χ1n) is 10.6. The second-order valence-corrected chi connectivity index (χ2v) is 7.35. The monoisotopic (exact) mass is 439 g/mol. The number of carbonyl (C=O) groups is 1. The first kappa shape index (κ1) is 21.9. The lowest BCUT2D eigenvalue weighted by Crippen LogP contribution is -2.25. The molecule has 0 aliphatic rings. The van der Waals surface area contributed by atoms with Gasteiger partial charge in [-0.2, -0.15) is 5.10 Å². The van der Waals surface area contributed by atoms with Crippen molar-refractivity contribution in [2.75, 3.05) is 19.0 Å². The van der Waals surface area contributed by atoms with Crippen molar-refractivity contribution in [1.82, 2.24) is 5.43 Å². The molecule has 0 saturated heterocycles. The van der Waals surface area contributed by atoms with Crippen molar-refractivity contribution in [3.63, 3.8) is 0 Å². The van der Waals surface area contributed by atoms with E-state index in [0.29, 0.717) is 18.1 Å². The van der Waals surface area contributed by atoms with Crippen LogP contribution in [0.1, 0.15) is 11.1 Å². The summed E-state index contributed by atoms with van der Waals surface area (Å²) in [5, 5.41) is 9.41. The zero-order chi connectivity index (χ0) is 22.9. The van der Waals surface area contributed by atoms with Gasteiger partial charge in [-0.25, -0.2) is 5.43 Å². The number of rotatable bonds is 9. The van der Waals surface area contributed by atoms with Gasteiger partial charge in [0.15, 0.2) is 11.5 Å². The molecule has 6 nitrogen and oxygen atoms in total. The molecule has 1 amide bonds. The Hall–Kier alpha value is -4.32. The van der Waals surface area contributed by atoms with Crippen molar-refractivity contribution in [3.8, 4) is 11.5 Å². The minimum atomic E-state index is -0.239. The van der Waals surface area contributed by atoms with Crippen LogP contribution in [0.15, 0.2) is 96.1 Å². The fraction of sp³-hybridized carbons (Fsp3) is 0.111. The number of nitrogens with one attached hydrogen (secondary N) is 2. The first-order chi connectivity index (χ1) is 16.2. The second-order valence-electron chi connectivity index (χ2n) is 7.35. The third-order valence-corrected chi connectivity index (χ3v) is 5.08. The number of benzene rings is 4. The van der Waals surface area contributed by atoms with Gasteiger partial charge in [-0.05, 0) is 52.2 Å². The van der Waals surface area contributed by atoms with Gasteiger partial charge in [0.05, 0.1) is 19.9 Å².